The molecule has 2 aromatic rings. The van der Waals surface area contributed by atoms with Crippen molar-refractivity contribution in [1.82, 2.24) is 20.0 Å². The fourth-order valence-corrected chi connectivity index (χ4v) is 5.45. The monoisotopic (exact) mass is 542 g/mol. The van der Waals surface area contributed by atoms with Crippen LogP contribution in [0.25, 0.3) is 11.3 Å². The van der Waals surface area contributed by atoms with Gasteiger partial charge in [-0.15, -0.1) is 0 Å². The van der Waals surface area contributed by atoms with Crippen LogP contribution in [0.1, 0.15) is 74.0 Å². The van der Waals surface area contributed by atoms with Gasteiger partial charge < -0.3 is 10.4 Å². The number of carboxylic acid groups (broad SMARTS) is 1. The van der Waals surface area contributed by atoms with Crippen molar-refractivity contribution < 1.29 is 36.6 Å². The van der Waals surface area contributed by atoms with E-state index in [0.717, 1.165) is 18.9 Å². The number of nitrogens with zero attached hydrogens (tertiary/aromatic N) is 3. The number of hydrogen-bond donors (Lipinski definition) is 2. The molecule has 0 unspecified atom stereocenters. The van der Waals surface area contributed by atoms with Crippen LogP contribution in [-0.4, -0.2) is 62.8 Å². The molecule has 12 heteroatoms. The van der Waals surface area contributed by atoms with E-state index in [1.165, 1.54) is 28.9 Å². The number of alkyl halides is 5. The van der Waals surface area contributed by atoms with Gasteiger partial charge in [-0.2, -0.15) is 18.3 Å². The molecule has 7 nitrogen and oxygen atoms in total. The molecule has 2 atom stereocenters. The maximum Gasteiger partial charge on any atom is 0.417 e. The highest BCUT2D eigenvalue weighted by Gasteiger charge is 2.40. The Morgan fingerprint density at radius 1 is 1.21 bits per heavy atom. The second kappa shape index (κ2) is 11.0. The van der Waals surface area contributed by atoms with Crippen LogP contribution in [0.2, 0.25) is 0 Å². The maximum atomic E-state index is 13.8. The highest BCUT2D eigenvalue weighted by Crippen LogP contribution is 2.40. The van der Waals surface area contributed by atoms with E-state index in [2.05, 4.69) is 10.4 Å². The minimum Gasteiger partial charge on any atom is -0.481 e. The summed E-state index contributed by atoms with van der Waals surface area (Å²) in [5, 5.41) is 16.4. The fraction of sp³-hybridized carbons (Fsp3) is 0.577. The van der Waals surface area contributed by atoms with E-state index in [-0.39, 0.29) is 42.4 Å². The molecule has 2 heterocycles. The molecule has 1 aromatic carbocycles. The molecule has 1 saturated carbocycles. The van der Waals surface area contributed by atoms with Crippen LogP contribution in [0.3, 0.4) is 0 Å². The second-order valence-corrected chi connectivity index (χ2v) is 10.3. The van der Waals surface area contributed by atoms with Crippen molar-refractivity contribution in [1.29, 1.82) is 0 Å². The molecule has 1 saturated heterocycles. The SMILES string of the molecule is C[C@@H](C[C@@H](CC(=O)O)NC(=O)c1cc(-c2ccccc2C(F)(F)F)n(C2CCCC2)n1)N1CCC(F)(F)C1. The fourth-order valence-electron chi connectivity index (χ4n) is 5.45. The first-order valence-corrected chi connectivity index (χ1v) is 12.7. The van der Waals surface area contributed by atoms with Crippen LogP contribution in [-0.2, 0) is 11.0 Å². The Balaban J connectivity index is 1.60. The molecule has 4 rings (SSSR count). The molecule has 38 heavy (non-hydrogen) atoms. The molecule has 1 amide bonds. The summed E-state index contributed by atoms with van der Waals surface area (Å²) in [6, 6.07) is 4.94. The molecule has 1 aromatic heterocycles. The van der Waals surface area contributed by atoms with Gasteiger partial charge >= 0.3 is 12.1 Å². The van der Waals surface area contributed by atoms with Gasteiger partial charge in [0.05, 0.1) is 30.3 Å². The summed E-state index contributed by atoms with van der Waals surface area (Å²) in [5.41, 5.74) is -0.896. The predicted molar refractivity (Wildman–Crippen MR) is 129 cm³/mol. The van der Waals surface area contributed by atoms with Gasteiger partial charge in [0, 0.05) is 30.6 Å². The molecule has 1 aliphatic carbocycles. The zero-order valence-corrected chi connectivity index (χ0v) is 21.0. The zero-order chi connectivity index (χ0) is 27.7. The summed E-state index contributed by atoms with van der Waals surface area (Å²) < 4.78 is 70.1. The van der Waals surface area contributed by atoms with Crippen LogP contribution in [0.5, 0.6) is 0 Å². The van der Waals surface area contributed by atoms with Crippen molar-refractivity contribution in [2.75, 3.05) is 13.1 Å². The number of carbonyl (C=O) groups is 2. The van der Waals surface area contributed by atoms with Crippen LogP contribution in [0.15, 0.2) is 30.3 Å². The molecule has 0 spiro atoms. The van der Waals surface area contributed by atoms with Crippen molar-refractivity contribution in [3.05, 3.63) is 41.6 Å². The van der Waals surface area contributed by atoms with Gasteiger partial charge in [0.1, 0.15) is 0 Å². The number of aliphatic carboxylic acids is 1. The highest BCUT2D eigenvalue weighted by atomic mass is 19.4. The number of benzene rings is 1. The normalized spacial score (nSPS) is 19.9. The lowest BCUT2D eigenvalue weighted by Crippen LogP contribution is -2.43. The zero-order valence-electron chi connectivity index (χ0n) is 21.0. The van der Waals surface area contributed by atoms with Crippen molar-refractivity contribution in [2.24, 2.45) is 0 Å². The Bertz CT molecular complexity index is 1160. The topological polar surface area (TPSA) is 87.5 Å². The van der Waals surface area contributed by atoms with E-state index in [4.69, 9.17) is 0 Å². The summed E-state index contributed by atoms with van der Waals surface area (Å²) in [6.07, 6.45) is -2.02. The Morgan fingerprint density at radius 2 is 1.89 bits per heavy atom. The smallest absolute Gasteiger partial charge is 0.417 e. The highest BCUT2D eigenvalue weighted by molar-refractivity contribution is 5.94. The maximum absolute atomic E-state index is 13.8. The van der Waals surface area contributed by atoms with E-state index >= 15 is 0 Å². The number of carboxylic acids is 1. The second-order valence-electron chi connectivity index (χ2n) is 10.3. The van der Waals surface area contributed by atoms with E-state index < -0.39 is 54.6 Å². The number of halogens is 5. The van der Waals surface area contributed by atoms with E-state index in [1.54, 1.807) is 11.8 Å². The van der Waals surface area contributed by atoms with E-state index in [1.807, 2.05) is 0 Å². The predicted octanol–water partition coefficient (Wildman–Crippen LogP) is 5.38. The van der Waals surface area contributed by atoms with E-state index in [0.29, 0.717) is 12.8 Å². The van der Waals surface area contributed by atoms with Crippen LogP contribution < -0.4 is 5.32 Å². The summed E-state index contributed by atoms with van der Waals surface area (Å²) in [5.74, 6) is -4.71. The van der Waals surface area contributed by atoms with Gasteiger partial charge in [-0.3, -0.25) is 19.2 Å². The number of carbonyl (C=O) groups excluding carboxylic acids is 1. The Kier molecular flexibility index (Phi) is 8.10. The number of hydrogen-bond acceptors (Lipinski definition) is 4. The first-order valence-electron chi connectivity index (χ1n) is 12.7. The van der Waals surface area contributed by atoms with Crippen molar-refractivity contribution in [3.63, 3.8) is 0 Å². The standard InChI is InChI=1S/C26H31F5N4O3/c1-16(34-11-10-25(27,28)15-34)12-17(13-23(36)37)32-24(38)21-14-22(35(33-21)18-6-2-3-7-18)19-8-4-5-9-20(19)26(29,30)31/h4-5,8-9,14,16-18H,2-3,6-7,10-13,15H2,1H3,(H,32,38)(H,36,37)/t16-,17-/m0/s1. The van der Waals surface area contributed by atoms with E-state index in [9.17, 15) is 36.6 Å². The quantitative estimate of drug-likeness (QED) is 0.416. The first kappa shape index (κ1) is 28.0. The van der Waals surface area contributed by atoms with Crippen molar-refractivity contribution >= 4 is 11.9 Å². The molecular formula is C26H31F5N4O3. The molecule has 208 valence electrons. The summed E-state index contributed by atoms with van der Waals surface area (Å²) in [7, 11) is 0. The summed E-state index contributed by atoms with van der Waals surface area (Å²) in [6.45, 7) is 1.43. The van der Waals surface area contributed by atoms with Crippen molar-refractivity contribution in [3.8, 4) is 11.3 Å². The molecule has 2 aliphatic rings. The average molecular weight is 543 g/mol. The van der Waals surface area contributed by atoms with Gasteiger partial charge in [0.2, 0.25) is 0 Å². The summed E-state index contributed by atoms with van der Waals surface area (Å²) >= 11 is 0. The lowest BCUT2D eigenvalue weighted by molar-refractivity contribution is -0.138. The van der Waals surface area contributed by atoms with Crippen LogP contribution in [0.4, 0.5) is 22.0 Å². The molecular weight excluding hydrogens is 511 g/mol. The largest absolute Gasteiger partial charge is 0.481 e. The Morgan fingerprint density at radius 3 is 2.50 bits per heavy atom. The summed E-state index contributed by atoms with van der Waals surface area (Å²) in [4.78, 5) is 26.2. The Hall–Kier alpha value is -3.02. The lowest BCUT2D eigenvalue weighted by atomic mass is 10.0. The molecule has 0 bridgehead atoms. The third-order valence-electron chi connectivity index (χ3n) is 7.35. The van der Waals surface area contributed by atoms with Gasteiger partial charge in [-0.1, -0.05) is 31.0 Å². The van der Waals surface area contributed by atoms with Gasteiger partial charge in [0.25, 0.3) is 11.8 Å². The van der Waals surface area contributed by atoms with Crippen molar-refractivity contribution in [2.45, 2.75) is 82.1 Å². The minimum absolute atomic E-state index is 0.0934. The van der Waals surface area contributed by atoms with Gasteiger partial charge in [-0.05, 0) is 38.3 Å². The van der Waals surface area contributed by atoms with Gasteiger partial charge in [-0.25, -0.2) is 8.78 Å². The lowest BCUT2D eigenvalue weighted by Gasteiger charge is -2.28. The molecule has 2 fully saturated rings. The van der Waals surface area contributed by atoms with Crippen LogP contribution >= 0.6 is 0 Å². The number of likely N-dealkylation sites (tertiary alicyclic amines) is 1. The molecule has 2 N–H and O–H groups in total. The number of nitrogens with one attached hydrogen (secondary N) is 1. The van der Waals surface area contributed by atoms with Crippen LogP contribution in [0, 0.1) is 0 Å². The van der Waals surface area contributed by atoms with Gasteiger partial charge in [0.15, 0.2) is 5.69 Å². The molecule has 0 radical (unpaired) electrons. The number of aromatic nitrogens is 2. The average Bonchev–Trinajstić information content (AvgIpc) is 3.57. The Labute approximate surface area is 217 Å². The third-order valence-corrected chi connectivity index (χ3v) is 7.35. The molecule has 1 aliphatic heterocycles. The third kappa shape index (κ3) is 6.51. The minimum atomic E-state index is -4.61. The number of rotatable bonds is 9. The number of amides is 1. The first-order chi connectivity index (χ1) is 17.8.